The highest BCUT2D eigenvalue weighted by Gasteiger charge is 2.21. The van der Waals surface area contributed by atoms with E-state index in [0.29, 0.717) is 12.6 Å². The number of nitriles is 1. The summed E-state index contributed by atoms with van der Waals surface area (Å²) >= 11 is 0. The lowest BCUT2D eigenvalue weighted by molar-refractivity contribution is 0.609. The van der Waals surface area contributed by atoms with Crippen LogP contribution in [0.25, 0.3) is 0 Å². The maximum Gasteiger partial charge on any atom is 0.0669 e. The van der Waals surface area contributed by atoms with Crippen molar-refractivity contribution in [1.82, 2.24) is 5.32 Å². The molecule has 2 atom stereocenters. The molecule has 3 heteroatoms. The van der Waals surface area contributed by atoms with Crippen LogP contribution in [0, 0.1) is 17.2 Å². The first-order valence-electron chi connectivity index (χ1n) is 3.20. The Labute approximate surface area is 54.8 Å². The fraction of sp³-hybridized carbons (Fsp3) is 0.833. The van der Waals surface area contributed by atoms with Gasteiger partial charge in [0.05, 0.1) is 12.0 Å². The average molecular weight is 125 g/mol. The van der Waals surface area contributed by atoms with Gasteiger partial charge in [0.1, 0.15) is 0 Å². The summed E-state index contributed by atoms with van der Waals surface area (Å²) in [5.74, 6) is 0.193. The lowest BCUT2D eigenvalue weighted by Gasteiger charge is -2.02. The number of hydrogen-bond donors (Lipinski definition) is 2. The van der Waals surface area contributed by atoms with Crippen LogP contribution in [-0.2, 0) is 0 Å². The third-order valence-corrected chi connectivity index (χ3v) is 1.69. The van der Waals surface area contributed by atoms with E-state index >= 15 is 0 Å². The molecule has 0 aromatic heterocycles. The molecule has 0 aromatic rings. The van der Waals surface area contributed by atoms with Gasteiger partial charge in [0.15, 0.2) is 0 Å². The van der Waals surface area contributed by atoms with Gasteiger partial charge in [0.2, 0.25) is 0 Å². The molecular weight excluding hydrogens is 114 g/mol. The first-order valence-corrected chi connectivity index (χ1v) is 3.20. The molecule has 0 radical (unpaired) electrons. The van der Waals surface area contributed by atoms with Gasteiger partial charge >= 0.3 is 0 Å². The standard InChI is InChI=1S/C6H11N3/c7-2-5-1-6(3-8)9-4-5/h5-6,9H,1,3-4,8H2/t5-,6-/m0/s1. The Hall–Kier alpha value is -0.590. The summed E-state index contributed by atoms with van der Waals surface area (Å²) in [5.41, 5.74) is 5.38. The smallest absolute Gasteiger partial charge is 0.0669 e. The highest BCUT2D eigenvalue weighted by atomic mass is 15.0. The van der Waals surface area contributed by atoms with Crippen LogP contribution in [0.2, 0.25) is 0 Å². The van der Waals surface area contributed by atoms with Crippen molar-refractivity contribution in [3.05, 3.63) is 0 Å². The Bertz CT molecular complexity index is 127. The van der Waals surface area contributed by atoms with Crippen LogP contribution in [-0.4, -0.2) is 19.1 Å². The molecule has 50 valence electrons. The van der Waals surface area contributed by atoms with Crippen LogP contribution in [0.3, 0.4) is 0 Å². The molecule has 0 spiro atoms. The maximum atomic E-state index is 8.45. The van der Waals surface area contributed by atoms with Gasteiger partial charge in [0.25, 0.3) is 0 Å². The number of nitrogens with one attached hydrogen (secondary N) is 1. The predicted molar refractivity (Wildman–Crippen MR) is 34.6 cm³/mol. The molecule has 0 amide bonds. The Kier molecular flexibility index (Phi) is 2.04. The first-order chi connectivity index (χ1) is 4.36. The van der Waals surface area contributed by atoms with Gasteiger partial charge in [-0.2, -0.15) is 5.26 Å². The van der Waals surface area contributed by atoms with E-state index in [1.807, 2.05) is 0 Å². The van der Waals surface area contributed by atoms with E-state index in [1.165, 1.54) is 0 Å². The largest absolute Gasteiger partial charge is 0.329 e. The Morgan fingerprint density at radius 1 is 1.78 bits per heavy atom. The van der Waals surface area contributed by atoms with Crippen LogP contribution >= 0.6 is 0 Å². The third kappa shape index (κ3) is 1.41. The van der Waals surface area contributed by atoms with Crippen LogP contribution in [0.15, 0.2) is 0 Å². The summed E-state index contributed by atoms with van der Waals surface area (Å²) in [6.07, 6.45) is 0.924. The maximum absolute atomic E-state index is 8.45. The normalized spacial score (nSPS) is 34.2. The quantitative estimate of drug-likeness (QED) is 0.494. The van der Waals surface area contributed by atoms with Gasteiger partial charge in [-0.1, -0.05) is 0 Å². The fourth-order valence-corrected chi connectivity index (χ4v) is 1.10. The van der Waals surface area contributed by atoms with Crippen molar-refractivity contribution in [2.24, 2.45) is 11.7 Å². The van der Waals surface area contributed by atoms with Crippen LogP contribution in [0.1, 0.15) is 6.42 Å². The molecule has 1 aliphatic heterocycles. The molecule has 0 bridgehead atoms. The molecule has 0 aliphatic carbocycles. The fourth-order valence-electron chi connectivity index (χ4n) is 1.10. The molecule has 0 saturated carbocycles. The molecule has 3 N–H and O–H groups in total. The van der Waals surface area contributed by atoms with Gasteiger partial charge in [-0.05, 0) is 6.42 Å². The van der Waals surface area contributed by atoms with Gasteiger partial charge in [-0.3, -0.25) is 0 Å². The van der Waals surface area contributed by atoms with Crippen molar-refractivity contribution in [2.45, 2.75) is 12.5 Å². The molecule has 0 aromatic carbocycles. The van der Waals surface area contributed by atoms with Crippen LogP contribution in [0.4, 0.5) is 0 Å². The van der Waals surface area contributed by atoms with E-state index in [2.05, 4.69) is 11.4 Å². The second kappa shape index (κ2) is 2.81. The van der Waals surface area contributed by atoms with E-state index in [0.717, 1.165) is 13.0 Å². The summed E-state index contributed by atoms with van der Waals surface area (Å²) in [5, 5.41) is 11.6. The minimum atomic E-state index is 0.193. The van der Waals surface area contributed by atoms with Crippen LogP contribution < -0.4 is 11.1 Å². The monoisotopic (exact) mass is 125 g/mol. The summed E-state index contributed by atoms with van der Waals surface area (Å²) < 4.78 is 0. The second-order valence-corrected chi connectivity index (χ2v) is 2.40. The number of nitrogens with zero attached hydrogens (tertiary/aromatic N) is 1. The van der Waals surface area contributed by atoms with Crippen molar-refractivity contribution in [3.8, 4) is 6.07 Å². The molecule has 1 rings (SSSR count). The van der Waals surface area contributed by atoms with E-state index in [4.69, 9.17) is 11.0 Å². The van der Waals surface area contributed by atoms with Crippen molar-refractivity contribution in [1.29, 1.82) is 5.26 Å². The second-order valence-electron chi connectivity index (χ2n) is 2.40. The summed E-state index contributed by atoms with van der Waals surface area (Å²) in [6.45, 7) is 1.47. The van der Waals surface area contributed by atoms with Crippen molar-refractivity contribution >= 4 is 0 Å². The van der Waals surface area contributed by atoms with Gasteiger partial charge in [-0.25, -0.2) is 0 Å². The molecule has 1 saturated heterocycles. The Morgan fingerprint density at radius 3 is 2.89 bits per heavy atom. The summed E-state index contributed by atoms with van der Waals surface area (Å²) in [6, 6.07) is 2.59. The first kappa shape index (κ1) is 6.53. The van der Waals surface area contributed by atoms with E-state index in [-0.39, 0.29) is 5.92 Å². The summed E-state index contributed by atoms with van der Waals surface area (Å²) in [4.78, 5) is 0. The van der Waals surface area contributed by atoms with E-state index in [9.17, 15) is 0 Å². The lowest BCUT2D eigenvalue weighted by Crippen LogP contribution is -2.29. The minimum Gasteiger partial charge on any atom is -0.329 e. The molecule has 1 heterocycles. The molecule has 0 unspecified atom stereocenters. The third-order valence-electron chi connectivity index (χ3n) is 1.69. The predicted octanol–water partition coefficient (Wildman–Crippen LogP) is -0.553. The van der Waals surface area contributed by atoms with Gasteiger partial charge < -0.3 is 11.1 Å². The Morgan fingerprint density at radius 2 is 2.56 bits per heavy atom. The average Bonchev–Trinajstić information content (AvgIpc) is 2.34. The molecule has 9 heavy (non-hydrogen) atoms. The van der Waals surface area contributed by atoms with Crippen molar-refractivity contribution in [2.75, 3.05) is 13.1 Å². The Balaban J connectivity index is 2.31. The lowest BCUT2D eigenvalue weighted by atomic mass is 10.1. The SMILES string of the molecule is N#C[C@H]1CN[C@H](CN)C1. The highest BCUT2D eigenvalue weighted by Crippen LogP contribution is 2.10. The summed E-state index contributed by atoms with van der Waals surface area (Å²) in [7, 11) is 0. The van der Waals surface area contributed by atoms with E-state index < -0.39 is 0 Å². The molecule has 1 fully saturated rings. The topological polar surface area (TPSA) is 61.8 Å². The van der Waals surface area contributed by atoms with Crippen LogP contribution in [0.5, 0.6) is 0 Å². The zero-order valence-electron chi connectivity index (χ0n) is 5.30. The molecule has 1 aliphatic rings. The number of hydrogen-bond acceptors (Lipinski definition) is 3. The van der Waals surface area contributed by atoms with Crippen molar-refractivity contribution < 1.29 is 0 Å². The zero-order valence-corrected chi connectivity index (χ0v) is 5.30. The van der Waals surface area contributed by atoms with Crippen molar-refractivity contribution in [3.63, 3.8) is 0 Å². The minimum absolute atomic E-state index is 0.193. The highest BCUT2D eigenvalue weighted by molar-refractivity contribution is 4.93. The number of rotatable bonds is 1. The number of nitrogens with two attached hydrogens (primary N) is 1. The van der Waals surface area contributed by atoms with E-state index in [1.54, 1.807) is 0 Å². The van der Waals surface area contributed by atoms with Gasteiger partial charge in [0, 0.05) is 19.1 Å². The van der Waals surface area contributed by atoms with Gasteiger partial charge in [-0.15, -0.1) is 0 Å². The molecular formula is C6H11N3. The zero-order chi connectivity index (χ0) is 6.69. The molecule has 3 nitrogen and oxygen atoms in total.